The molecule has 0 unspecified atom stereocenters. The van der Waals surface area contributed by atoms with Crippen molar-refractivity contribution in [1.82, 2.24) is 9.88 Å². The van der Waals surface area contributed by atoms with Gasteiger partial charge in [0.1, 0.15) is 23.1 Å². The zero-order valence-corrected chi connectivity index (χ0v) is 15.1. The maximum absolute atomic E-state index is 14.6. The molecule has 0 atom stereocenters. The Bertz CT molecular complexity index is 800. The average molecular weight is 367 g/mol. The standard InChI is InChI=1S/C18H20ClFN2O3/c1-17(2,3)25-16(23)22-9-18(20,10-22)11-24-13-4-5-14-12(8-13)6-7-21-15(14)19/h4-8H,9-11H2,1-3H3. The van der Waals surface area contributed by atoms with E-state index < -0.39 is 17.4 Å². The Balaban J connectivity index is 1.57. The van der Waals surface area contributed by atoms with Crippen LogP contribution in [0, 0.1) is 0 Å². The first-order valence-corrected chi connectivity index (χ1v) is 8.37. The number of benzene rings is 1. The van der Waals surface area contributed by atoms with Crippen LogP contribution in [0.4, 0.5) is 9.18 Å². The summed E-state index contributed by atoms with van der Waals surface area (Å²) < 4.78 is 25.4. The van der Waals surface area contributed by atoms with Crippen LogP contribution in [0.3, 0.4) is 0 Å². The van der Waals surface area contributed by atoms with Crippen molar-refractivity contribution in [3.8, 4) is 5.75 Å². The molecule has 1 aliphatic heterocycles. The van der Waals surface area contributed by atoms with Crippen LogP contribution >= 0.6 is 11.6 Å². The molecule has 0 bridgehead atoms. The summed E-state index contributed by atoms with van der Waals surface area (Å²) in [5.74, 6) is 0.544. The molecule has 0 saturated carbocycles. The Kier molecular flexibility index (Phi) is 4.49. The predicted molar refractivity (Wildman–Crippen MR) is 93.9 cm³/mol. The number of carbonyl (C=O) groups is 1. The van der Waals surface area contributed by atoms with E-state index >= 15 is 0 Å². The molecule has 2 aromatic rings. The zero-order valence-electron chi connectivity index (χ0n) is 14.4. The number of aromatic nitrogens is 1. The molecule has 1 fully saturated rings. The summed E-state index contributed by atoms with van der Waals surface area (Å²) in [4.78, 5) is 17.2. The number of fused-ring (bicyclic) bond motifs is 1. The third-order valence-corrected chi connectivity index (χ3v) is 4.09. The summed E-state index contributed by atoms with van der Waals surface area (Å²) in [6.07, 6.45) is 1.10. The molecular formula is C18H20ClFN2O3. The van der Waals surface area contributed by atoms with Crippen LogP contribution < -0.4 is 4.74 Å². The zero-order chi connectivity index (χ0) is 18.2. The van der Waals surface area contributed by atoms with E-state index in [2.05, 4.69) is 4.98 Å². The molecule has 0 spiro atoms. The molecular weight excluding hydrogens is 347 g/mol. The first kappa shape index (κ1) is 17.7. The van der Waals surface area contributed by atoms with Crippen LogP contribution in [0.1, 0.15) is 20.8 Å². The number of carbonyl (C=O) groups excluding carboxylic acids is 1. The third-order valence-electron chi connectivity index (χ3n) is 3.78. The topological polar surface area (TPSA) is 51.7 Å². The van der Waals surface area contributed by atoms with E-state index in [1.165, 1.54) is 4.90 Å². The fraction of sp³-hybridized carbons (Fsp3) is 0.444. The van der Waals surface area contributed by atoms with E-state index in [-0.39, 0.29) is 19.7 Å². The van der Waals surface area contributed by atoms with E-state index in [1.807, 2.05) is 6.07 Å². The van der Waals surface area contributed by atoms with Crippen molar-refractivity contribution in [3.63, 3.8) is 0 Å². The number of amides is 1. The summed E-state index contributed by atoms with van der Waals surface area (Å²) >= 11 is 6.02. The maximum atomic E-state index is 14.6. The Morgan fingerprint density at radius 3 is 2.76 bits per heavy atom. The van der Waals surface area contributed by atoms with Gasteiger partial charge >= 0.3 is 6.09 Å². The summed E-state index contributed by atoms with van der Waals surface area (Å²) in [7, 11) is 0. The number of halogens is 2. The summed E-state index contributed by atoms with van der Waals surface area (Å²) in [6, 6.07) is 7.12. The van der Waals surface area contributed by atoms with Crippen LogP contribution in [-0.2, 0) is 4.74 Å². The lowest BCUT2D eigenvalue weighted by molar-refractivity contribution is -0.0685. The summed E-state index contributed by atoms with van der Waals surface area (Å²) in [5, 5.41) is 2.10. The van der Waals surface area contributed by atoms with Crippen molar-refractivity contribution in [2.75, 3.05) is 19.7 Å². The van der Waals surface area contributed by atoms with Crippen LogP contribution in [0.2, 0.25) is 5.15 Å². The monoisotopic (exact) mass is 366 g/mol. The van der Waals surface area contributed by atoms with Gasteiger partial charge in [-0.3, -0.25) is 0 Å². The van der Waals surface area contributed by atoms with Crippen molar-refractivity contribution < 1.29 is 18.7 Å². The predicted octanol–water partition coefficient (Wildman–Crippen LogP) is 4.23. The van der Waals surface area contributed by atoms with Gasteiger partial charge in [0.2, 0.25) is 0 Å². The first-order valence-electron chi connectivity index (χ1n) is 7.99. The Morgan fingerprint density at radius 1 is 1.36 bits per heavy atom. The number of hydrogen-bond acceptors (Lipinski definition) is 4. The number of rotatable bonds is 3. The minimum absolute atomic E-state index is 0.0365. The molecule has 0 radical (unpaired) electrons. The van der Waals surface area contributed by atoms with E-state index in [0.717, 1.165) is 10.8 Å². The molecule has 0 aliphatic carbocycles. The van der Waals surface area contributed by atoms with Gasteiger partial charge in [0.15, 0.2) is 5.67 Å². The third kappa shape index (κ3) is 4.12. The molecule has 5 nitrogen and oxygen atoms in total. The van der Waals surface area contributed by atoms with Crippen molar-refractivity contribution >= 4 is 28.5 Å². The summed E-state index contributed by atoms with van der Waals surface area (Å²) in [5.41, 5.74) is -2.16. The van der Waals surface area contributed by atoms with Gasteiger partial charge in [0, 0.05) is 11.6 Å². The molecule has 1 amide bonds. The van der Waals surface area contributed by atoms with Gasteiger partial charge in [-0.05, 0) is 50.4 Å². The number of nitrogens with zero attached hydrogens (tertiary/aromatic N) is 2. The highest BCUT2D eigenvalue weighted by Gasteiger charge is 2.48. The van der Waals surface area contributed by atoms with Gasteiger partial charge in [-0.25, -0.2) is 14.2 Å². The van der Waals surface area contributed by atoms with Crippen molar-refractivity contribution in [1.29, 1.82) is 0 Å². The maximum Gasteiger partial charge on any atom is 0.410 e. The normalized spacial score (nSPS) is 16.4. The van der Waals surface area contributed by atoms with E-state index in [0.29, 0.717) is 10.9 Å². The van der Waals surface area contributed by atoms with E-state index in [4.69, 9.17) is 21.1 Å². The lowest BCUT2D eigenvalue weighted by Gasteiger charge is -2.43. The highest BCUT2D eigenvalue weighted by molar-refractivity contribution is 6.34. The molecule has 25 heavy (non-hydrogen) atoms. The van der Waals surface area contributed by atoms with Gasteiger partial charge in [-0.15, -0.1) is 0 Å². The highest BCUT2D eigenvalue weighted by atomic mass is 35.5. The van der Waals surface area contributed by atoms with Crippen LogP contribution in [0.5, 0.6) is 5.75 Å². The highest BCUT2D eigenvalue weighted by Crippen LogP contribution is 2.30. The molecule has 1 aromatic carbocycles. The number of ether oxygens (including phenoxy) is 2. The lowest BCUT2D eigenvalue weighted by Crippen LogP contribution is -2.64. The molecule has 1 saturated heterocycles. The van der Waals surface area contributed by atoms with Crippen molar-refractivity contribution in [2.45, 2.75) is 32.0 Å². The largest absolute Gasteiger partial charge is 0.490 e. The van der Waals surface area contributed by atoms with Crippen molar-refractivity contribution in [3.05, 3.63) is 35.6 Å². The van der Waals surface area contributed by atoms with Gasteiger partial charge in [0.25, 0.3) is 0 Å². The van der Waals surface area contributed by atoms with Crippen LogP contribution in [0.25, 0.3) is 10.8 Å². The van der Waals surface area contributed by atoms with E-state index in [9.17, 15) is 9.18 Å². The smallest absolute Gasteiger partial charge is 0.410 e. The van der Waals surface area contributed by atoms with Gasteiger partial charge in [-0.2, -0.15) is 0 Å². The van der Waals surface area contributed by atoms with Gasteiger partial charge in [-0.1, -0.05) is 11.6 Å². The minimum atomic E-state index is -1.57. The van der Waals surface area contributed by atoms with Crippen LogP contribution in [0.15, 0.2) is 30.5 Å². The molecule has 0 N–H and O–H groups in total. The van der Waals surface area contributed by atoms with Crippen LogP contribution in [-0.4, -0.2) is 46.9 Å². The quantitative estimate of drug-likeness (QED) is 0.763. The van der Waals surface area contributed by atoms with Gasteiger partial charge < -0.3 is 14.4 Å². The number of likely N-dealkylation sites (tertiary alicyclic amines) is 1. The molecule has 134 valence electrons. The Hall–Kier alpha value is -2.08. The molecule has 7 heteroatoms. The Labute approximate surface area is 150 Å². The van der Waals surface area contributed by atoms with Gasteiger partial charge in [0.05, 0.1) is 13.1 Å². The average Bonchev–Trinajstić information content (AvgIpc) is 2.48. The Morgan fingerprint density at radius 2 is 2.08 bits per heavy atom. The van der Waals surface area contributed by atoms with E-state index in [1.54, 1.807) is 45.2 Å². The fourth-order valence-electron chi connectivity index (χ4n) is 2.61. The molecule has 1 aromatic heterocycles. The lowest BCUT2D eigenvalue weighted by atomic mass is 9.98. The number of alkyl halides is 1. The SMILES string of the molecule is CC(C)(C)OC(=O)N1CC(F)(COc2ccc3c(Cl)nccc3c2)C1. The molecule has 2 heterocycles. The fourth-order valence-corrected chi connectivity index (χ4v) is 2.83. The number of hydrogen-bond donors (Lipinski definition) is 0. The molecule has 3 rings (SSSR count). The minimum Gasteiger partial charge on any atom is -0.490 e. The molecule has 1 aliphatic rings. The second kappa shape index (κ2) is 6.33. The first-order chi connectivity index (χ1) is 11.7. The second-order valence-corrected chi connectivity index (χ2v) is 7.62. The second-order valence-electron chi connectivity index (χ2n) is 7.26. The number of pyridine rings is 1. The van der Waals surface area contributed by atoms with Crippen molar-refractivity contribution in [2.24, 2.45) is 0 Å². The summed E-state index contributed by atoms with van der Waals surface area (Å²) in [6.45, 7) is 5.13.